The minimum atomic E-state index is -4.43. The topological polar surface area (TPSA) is 57.3 Å². The summed E-state index contributed by atoms with van der Waals surface area (Å²) >= 11 is 0. The molecule has 0 aliphatic heterocycles. The number of ether oxygens (including phenoxy) is 1. The maximum Gasteiger partial charge on any atom is 0.416 e. The summed E-state index contributed by atoms with van der Waals surface area (Å²) in [5.74, 6) is 0.728. The van der Waals surface area contributed by atoms with Gasteiger partial charge in [0, 0.05) is 12.7 Å². The molecule has 2 aromatic heterocycles. The van der Waals surface area contributed by atoms with E-state index in [1.54, 1.807) is 23.0 Å². The smallest absolute Gasteiger partial charge is 0.416 e. The summed E-state index contributed by atoms with van der Waals surface area (Å²) in [7, 11) is 0. The summed E-state index contributed by atoms with van der Waals surface area (Å²) in [5.41, 5.74) is -0.310. The molecule has 0 amide bonds. The molecule has 0 aliphatic carbocycles. The Balaban J connectivity index is 1.59. The van der Waals surface area contributed by atoms with Crippen molar-refractivity contribution < 1.29 is 27.1 Å². The summed E-state index contributed by atoms with van der Waals surface area (Å²) in [5, 5.41) is 4.04. The van der Waals surface area contributed by atoms with Gasteiger partial charge in [0.15, 0.2) is 5.78 Å². The van der Waals surface area contributed by atoms with Crippen molar-refractivity contribution in [2.75, 3.05) is 0 Å². The number of aromatic nitrogens is 2. The number of carbonyl (C=O) groups excluding carboxylic acids is 1. The largest absolute Gasteiger partial charge is 0.486 e. The van der Waals surface area contributed by atoms with Gasteiger partial charge in [-0.2, -0.15) is 18.3 Å². The molecule has 5 nitrogen and oxygen atoms in total. The Bertz CT molecular complexity index is 986. The van der Waals surface area contributed by atoms with Gasteiger partial charge in [-0.15, -0.1) is 0 Å². The number of aryl methyl sites for hydroxylation is 1. The van der Waals surface area contributed by atoms with E-state index in [-0.39, 0.29) is 18.1 Å². The quantitative estimate of drug-likeness (QED) is 0.421. The molecule has 0 atom stereocenters. The Morgan fingerprint density at radius 2 is 2.11 bits per heavy atom. The third-order valence-electron chi connectivity index (χ3n) is 3.87. The molecule has 0 N–H and O–H groups in total. The van der Waals surface area contributed by atoms with Crippen LogP contribution in [0.4, 0.5) is 13.2 Å². The predicted octanol–water partition coefficient (Wildman–Crippen LogP) is 4.99. The summed E-state index contributed by atoms with van der Waals surface area (Å²) in [6.45, 7) is 2.56. The van der Waals surface area contributed by atoms with Crippen LogP contribution in [0.15, 0.2) is 59.3 Å². The standard InChI is InChI=1S/C20H17F3N2O3/c1-2-25-12-14(11-24-25)19(26)9-8-16-6-7-18(28-16)13-27-17-5-3-4-15(10-17)20(21,22)23/h3-12H,2,13H2,1H3/b9-8+. The summed E-state index contributed by atoms with van der Waals surface area (Å²) in [6, 6.07) is 7.90. The van der Waals surface area contributed by atoms with E-state index >= 15 is 0 Å². The number of nitrogens with zero attached hydrogens (tertiary/aromatic N) is 2. The molecular formula is C20H17F3N2O3. The lowest BCUT2D eigenvalue weighted by Gasteiger charge is -2.09. The minimum Gasteiger partial charge on any atom is -0.486 e. The van der Waals surface area contributed by atoms with Gasteiger partial charge < -0.3 is 9.15 Å². The van der Waals surface area contributed by atoms with Crippen LogP contribution in [0.1, 0.15) is 34.4 Å². The average Bonchev–Trinajstić information content (AvgIpc) is 3.33. The van der Waals surface area contributed by atoms with Crippen LogP contribution in [-0.4, -0.2) is 15.6 Å². The van der Waals surface area contributed by atoms with Crippen molar-refractivity contribution in [2.45, 2.75) is 26.3 Å². The van der Waals surface area contributed by atoms with Crippen LogP contribution in [0, 0.1) is 0 Å². The van der Waals surface area contributed by atoms with Crippen LogP contribution in [0.5, 0.6) is 5.75 Å². The molecule has 0 fully saturated rings. The summed E-state index contributed by atoms with van der Waals surface area (Å²) in [6.07, 6.45) is 1.60. The highest BCUT2D eigenvalue weighted by Crippen LogP contribution is 2.31. The van der Waals surface area contributed by atoms with Gasteiger partial charge in [-0.05, 0) is 49.4 Å². The van der Waals surface area contributed by atoms with E-state index in [4.69, 9.17) is 9.15 Å². The Kier molecular flexibility index (Phi) is 5.67. The monoisotopic (exact) mass is 390 g/mol. The van der Waals surface area contributed by atoms with Crippen LogP contribution in [0.25, 0.3) is 6.08 Å². The normalized spacial score (nSPS) is 11.9. The molecule has 0 bridgehead atoms. The van der Waals surface area contributed by atoms with E-state index in [9.17, 15) is 18.0 Å². The third-order valence-corrected chi connectivity index (χ3v) is 3.87. The van der Waals surface area contributed by atoms with Crippen LogP contribution in [0.3, 0.4) is 0 Å². The first-order valence-electron chi connectivity index (χ1n) is 8.49. The predicted molar refractivity (Wildman–Crippen MR) is 95.7 cm³/mol. The Hall–Kier alpha value is -3.29. The van der Waals surface area contributed by atoms with Gasteiger partial charge >= 0.3 is 6.18 Å². The second-order valence-corrected chi connectivity index (χ2v) is 5.90. The fraction of sp³-hybridized carbons (Fsp3) is 0.200. The van der Waals surface area contributed by atoms with Crippen LogP contribution in [0.2, 0.25) is 0 Å². The number of rotatable bonds is 7. The molecular weight excluding hydrogens is 373 g/mol. The lowest BCUT2D eigenvalue weighted by Crippen LogP contribution is -2.05. The molecule has 1 aromatic carbocycles. The van der Waals surface area contributed by atoms with Crippen molar-refractivity contribution in [1.82, 2.24) is 9.78 Å². The van der Waals surface area contributed by atoms with E-state index < -0.39 is 11.7 Å². The highest BCUT2D eigenvalue weighted by atomic mass is 19.4. The first kappa shape index (κ1) is 19.5. The molecule has 0 aliphatic rings. The van der Waals surface area contributed by atoms with Crippen molar-refractivity contribution in [3.63, 3.8) is 0 Å². The summed E-state index contributed by atoms with van der Waals surface area (Å²) < 4.78 is 50.7. The Morgan fingerprint density at radius 3 is 2.82 bits per heavy atom. The SMILES string of the molecule is CCn1cc(C(=O)/C=C/c2ccc(COc3cccc(C(F)(F)F)c3)o2)cn1. The second-order valence-electron chi connectivity index (χ2n) is 5.90. The average molecular weight is 390 g/mol. The highest BCUT2D eigenvalue weighted by Gasteiger charge is 2.30. The number of benzene rings is 1. The third kappa shape index (κ3) is 4.91. The lowest BCUT2D eigenvalue weighted by molar-refractivity contribution is -0.137. The number of hydrogen-bond donors (Lipinski definition) is 0. The van der Waals surface area contributed by atoms with Gasteiger partial charge in [-0.3, -0.25) is 9.48 Å². The van der Waals surface area contributed by atoms with Gasteiger partial charge in [0.05, 0.1) is 17.3 Å². The van der Waals surface area contributed by atoms with E-state index in [0.29, 0.717) is 23.6 Å². The molecule has 28 heavy (non-hydrogen) atoms. The Labute approximate surface area is 159 Å². The molecule has 146 valence electrons. The minimum absolute atomic E-state index is 0.0353. The van der Waals surface area contributed by atoms with E-state index in [2.05, 4.69) is 5.10 Å². The highest BCUT2D eigenvalue weighted by molar-refractivity contribution is 6.06. The van der Waals surface area contributed by atoms with E-state index in [1.807, 2.05) is 6.92 Å². The molecule has 0 saturated carbocycles. The van der Waals surface area contributed by atoms with Gasteiger partial charge in [0.1, 0.15) is 23.9 Å². The molecule has 0 saturated heterocycles. The zero-order chi connectivity index (χ0) is 20.1. The van der Waals surface area contributed by atoms with Crippen molar-refractivity contribution in [1.29, 1.82) is 0 Å². The van der Waals surface area contributed by atoms with Gasteiger partial charge in [0.25, 0.3) is 0 Å². The van der Waals surface area contributed by atoms with Gasteiger partial charge in [0.2, 0.25) is 0 Å². The van der Waals surface area contributed by atoms with Crippen LogP contribution in [-0.2, 0) is 19.3 Å². The number of furan rings is 1. The number of halogens is 3. The lowest BCUT2D eigenvalue weighted by atomic mass is 10.2. The van der Waals surface area contributed by atoms with Crippen LogP contribution < -0.4 is 4.74 Å². The first-order valence-corrected chi connectivity index (χ1v) is 8.49. The fourth-order valence-corrected chi connectivity index (χ4v) is 2.40. The van der Waals surface area contributed by atoms with Crippen molar-refractivity contribution in [2.24, 2.45) is 0 Å². The molecule has 8 heteroatoms. The fourth-order valence-electron chi connectivity index (χ4n) is 2.40. The van der Waals surface area contributed by atoms with Crippen molar-refractivity contribution in [3.05, 3.63) is 77.5 Å². The molecule has 3 rings (SSSR count). The maximum atomic E-state index is 12.7. The molecule has 0 radical (unpaired) electrons. The number of carbonyl (C=O) groups is 1. The molecule has 0 unspecified atom stereocenters. The maximum absolute atomic E-state index is 12.7. The van der Waals surface area contributed by atoms with E-state index in [0.717, 1.165) is 12.1 Å². The number of alkyl halides is 3. The first-order chi connectivity index (χ1) is 13.3. The zero-order valence-electron chi connectivity index (χ0n) is 14.9. The van der Waals surface area contributed by atoms with Gasteiger partial charge in [-0.25, -0.2) is 0 Å². The number of allylic oxidation sites excluding steroid dienone is 1. The molecule has 0 spiro atoms. The van der Waals surface area contributed by atoms with Crippen molar-refractivity contribution in [3.8, 4) is 5.75 Å². The van der Waals surface area contributed by atoms with Gasteiger partial charge in [-0.1, -0.05) is 6.07 Å². The van der Waals surface area contributed by atoms with E-state index in [1.165, 1.54) is 30.5 Å². The molecule has 3 aromatic rings. The summed E-state index contributed by atoms with van der Waals surface area (Å²) in [4.78, 5) is 12.1. The van der Waals surface area contributed by atoms with Crippen molar-refractivity contribution >= 4 is 11.9 Å². The number of hydrogen-bond acceptors (Lipinski definition) is 4. The Morgan fingerprint density at radius 1 is 1.29 bits per heavy atom. The molecule has 2 heterocycles. The second kappa shape index (κ2) is 8.16. The number of ketones is 1. The zero-order valence-corrected chi connectivity index (χ0v) is 14.9. The van der Waals surface area contributed by atoms with Crippen LogP contribution >= 0.6 is 0 Å².